The van der Waals surface area contributed by atoms with Gasteiger partial charge in [-0.2, -0.15) is 5.10 Å². The number of nitro benzene ring substituents is 1. The highest BCUT2D eigenvalue weighted by atomic mass is 35.5. The molecule has 0 aliphatic rings. The second-order valence-electron chi connectivity index (χ2n) is 4.84. The van der Waals surface area contributed by atoms with E-state index in [2.05, 4.69) is 10.5 Å². The van der Waals surface area contributed by atoms with Gasteiger partial charge in [-0.1, -0.05) is 35.9 Å². The van der Waals surface area contributed by atoms with Crippen molar-refractivity contribution in [2.45, 2.75) is 13.3 Å². The van der Waals surface area contributed by atoms with E-state index in [4.69, 9.17) is 11.6 Å². The lowest BCUT2D eigenvalue weighted by atomic mass is 10.1. The minimum Gasteiger partial charge on any atom is -0.273 e. The molecule has 1 N–H and O–H groups in total. The summed E-state index contributed by atoms with van der Waals surface area (Å²) in [6, 6.07) is 13.0. The van der Waals surface area contributed by atoms with Gasteiger partial charge >= 0.3 is 0 Å². The zero-order chi connectivity index (χ0) is 16.8. The fraction of sp³-hybridized carbons (Fsp3) is 0.125. The molecule has 0 unspecified atom stereocenters. The Hall–Kier alpha value is -2.73. The Labute approximate surface area is 137 Å². The van der Waals surface area contributed by atoms with Gasteiger partial charge in [-0.05, 0) is 24.6 Å². The normalized spacial score (nSPS) is 11.1. The van der Waals surface area contributed by atoms with Crippen molar-refractivity contribution in [3.63, 3.8) is 0 Å². The first-order chi connectivity index (χ1) is 11.0. The topological polar surface area (TPSA) is 84.6 Å². The van der Waals surface area contributed by atoms with Crippen LogP contribution in [0.2, 0.25) is 5.02 Å². The maximum atomic E-state index is 11.8. The largest absolute Gasteiger partial charge is 0.273 e. The molecule has 118 valence electrons. The molecule has 1 amide bonds. The highest BCUT2D eigenvalue weighted by molar-refractivity contribution is 6.30. The quantitative estimate of drug-likeness (QED) is 0.518. The molecular weight excluding hydrogens is 318 g/mol. The van der Waals surface area contributed by atoms with Crippen LogP contribution in [0, 0.1) is 10.1 Å². The Kier molecular flexibility index (Phi) is 5.43. The van der Waals surface area contributed by atoms with Crippen molar-refractivity contribution in [1.29, 1.82) is 0 Å². The molecule has 0 saturated carbocycles. The maximum Gasteiger partial charge on any atom is 0.270 e. The third kappa shape index (κ3) is 4.89. The number of rotatable bonds is 5. The molecule has 0 aromatic heterocycles. The number of carbonyl (C=O) groups excluding carboxylic acids is 1. The van der Waals surface area contributed by atoms with Gasteiger partial charge in [0.25, 0.3) is 5.69 Å². The Morgan fingerprint density at radius 3 is 2.61 bits per heavy atom. The molecule has 0 atom stereocenters. The first-order valence-corrected chi connectivity index (χ1v) is 7.16. The fourth-order valence-corrected chi connectivity index (χ4v) is 2.01. The van der Waals surface area contributed by atoms with Crippen LogP contribution in [0.15, 0.2) is 53.6 Å². The van der Waals surface area contributed by atoms with E-state index in [0.29, 0.717) is 16.3 Å². The number of hydrogen-bond acceptors (Lipinski definition) is 4. The molecule has 0 heterocycles. The summed E-state index contributed by atoms with van der Waals surface area (Å²) in [6.07, 6.45) is 0.170. The van der Waals surface area contributed by atoms with E-state index < -0.39 is 4.92 Å². The highest BCUT2D eigenvalue weighted by Gasteiger charge is 2.08. The second-order valence-corrected chi connectivity index (χ2v) is 5.28. The summed E-state index contributed by atoms with van der Waals surface area (Å²) >= 11 is 5.78. The fourth-order valence-electron chi connectivity index (χ4n) is 1.88. The van der Waals surface area contributed by atoms with Crippen LogP contribution in [0.3, 0.4) is 0 Å². The van der Waals surface area contributed by atoms with Crippen LogP contribution in [0.1, 0.15) is 18.1 Å². The lowest BCUT2D eigenvalue weighted by molar-refractivity contribution is -0.384. The van der Waals surface area contributed by atoms with Crippen LogP contribution in [-0.2, 0) is 11.2 Å². The third-order valence-electron chi connectivity index (χ3n) is 3.10. The average molecular weight is 332 g/mol. The second kappa shape index (κ2) is 7.51. The molecule has 0 radical (unpaired) electrons. The number of hydrogen-bond donors (Lipinski definition) is 1. The van der Waals surface area contributed by atoms with E-state index in [0.717, 1.165) is 5.56 Å². The smallest absolute Gasteiger partial charge is 0.270 e. The minimum absolute atomic E-state index is 0.0236. The van der Waals surface area contributed by atoms with E-state index in [9.17, 15) is 14.9 Å². The summed E-state index contributed by atoms with van der Waals surface area (Å²) in [4.78, 5) is 22.1. The van der Waals surface area contributed by atoms with Crippen molar-refractivity contribution in [3.05, 3.63) is 74.8 Å². The molecule has 23 heavy (non-hydrogen) atoms. The van der Waals surface area contributed by atoms with Crippen LogP contribution < -0.4 is 5.43 Å². The van der Waals surface area contributed by atoms with Gasteiger partial charge in [0.05, 0.1) is 17.1 Å². The number of carbonyl (C=O) groups is 1. The minimum atomic E-state index is -0.476. The van der Waals surface area contributed by atoms with Gasteiger partial charge in [0, 0.05) is 22.7 Å². The van der Waals surface area contributed by atoms with Gasteiger partial charge in [0.1, 0.15) is 0 Å². The van der Waals surface area contributed by atoms with Gasteiger partial charge in [-0.15, -0.1) is 0 Å². The Bertz CT molecular complexity index is 757. The number of amides is 1. The molecule has 0 fully saturated rings. The van der Waals surface area contributed by atoms with Gasteiger partial charge in [-0.3, -0.25) is 14.9 Å². The average Bonchev–Trinajstić information content (AvgIpc) is 2.55. The Morgan fingerprint density at radius 2 is 1.96 bits per heavy atom. The molecule has 0 spiro atoms. The summed E-state index contributed by atoms with van der Waals surface area (Å²) < 4.78 is 0. The van der Waals surface area contributed by atoms with Crippen LogP contribution in [0.4, 0.5) is 5.69 Å². The highest BCUT2D eigenvalue weighted by Crippen LogP contribution is 2.13. The Morgan fingerprint density at radius 1 is 1.26 bits per heavy atom. The first kappa shape index (κ1) is 16.6. The summed E-state index contributed by atoms with van der Waals surface area (Å²) in [7, 11) is 0. The number of nitrogens with zero attached hydrogens (tertiary/aromatic N) is 2. The number of nitrogens with one attached hydrogen (secondary N) is 1. The van der Waals surface area contributed by atoms with Crippen LogP contribution in [0.5, 0.6) is 0 Å². The number of halogens is 1. The molecule has 0 aliphatic heterocycles. The van der Waals surface area contributed by atoms with Crippen LogP contribution >= 0.6 is 11.6 Å². The summed E-state index contributed by atoms with van der Waals surface area (Å²) in [5.41, 5.74) is 4.29. The SMILES string of the molecule is C/C(=N\NC(=O)Cc1ccc(Cl)cc1)c1cccc([N+](=O)[O-])c1. The summed E-state index contributed by atoms with van der Waals surface area (Å²) in [5, 5.41) is 15.3. The standard InChI is InChI=1S/C16H14ClN3O3/c1-11(13-3-2-4-15(10-13)20(22)23)18-19-16(21)9-12-5-7-14(17)8-6-12/h2-8,10H,9H2,1H3,(H,19,21)/b18-11+. The third-order valence-corrected chi connectivity index (χ3v) is 3.35. The monoisotopic (exact) mass is 331 g/mol. The van der Waals surface area contributed by atoms with E-state index in [1.807, 2.05) is 0 Å². The molecule has 0 saturated heterocycles. The van der Waals surface area contributed by atoms with Crippen molar-refractivity contribution >= 4 is 28.9 Å². The van der Waals surface area contributed by atoms with E-state index in [1.54, 1.807) is 43.3 Å². The van der Waals surface area contributed by atoms with Gasteiger partial charge in [0.15, 0.2) is 0 Å². The van der Waals surface area contributed by atoms with E-state index >= 15 is 0 Å². The Balaban J connectivity index is 2.01. The lowest BCUT2D eigenvalue weighted by Gasteiger charge is -2.03. The molecular formula is C16H14ClN3O3. The van der Waals surface area contributed by atoms with E-state index in [1.165, 1.54) is 12.1 Å². The molecule has 2 rings (SSSR count). The zero-order valence-electron chi connectivity index (χ0n) is 12.3. The number of hydrazone groups is 1. The summed E-state index contributed by atoms with van der Waals surface area (Å²) in [5.74, 6) is -0.280. The van der Waals surface area contributed by atoms with Crippen molar-refractivity contribution < 1.29 is 9.72 Å². The van der Waals surface area contributed by atoms with Crippen molar-refractivity contribution in [1.82, 2.24) is 5.43 Å². The lowest BCUT2D eigenvalue weighted by Crippen LogP contribution is -2.21. The molecule has 7 heteroatoms. The van der Waals surface area contributed by atoms with Crippen molar-refractivity contribution in [2.75, 3.05) is 0 Å². The van der Waals surface area contributed by atoms with Gasteiger partial charge < -0.3 is 0 Å². The van der Waals surface area contributed by atoms with E-state index in [-0.39, 0.29) is 18.0 Å². The van der Waals surface area contributed by atoms with Crippen LogP contribution in [-0.4, -0.2) is 16.5 Å². The predicted molar refractivity (Wildman–Crippen MR) is 88.6 cm³/mol. The molecule has 2 aromatic rings. The predicted octanol–water partition coefficient (Wildman–Crippen LogP) is 3.33. The van der Waals surface area contributed by atoms with Crippen LogP contribution in [0.25, 0.3) is 0 Å². The number of non-ortho nitro benzene ring substituents is 1. The summed E-state index contributed by atoms with van der Waals surface area (Å²) in [6.45, 7) is 1.67. The first-order valence-electron chi connectivity index (χ1n) is 6.78. The molecule has 0 bridgehead atoms. The molecule has 2 aromatic carbocycles. The molecule has 6 nitrogen and oxygen atoms in total. The zero-order valence-corrected chi connectivity index (χ0v) is 13.1. The van der Waals surface area contributed by atoms with Gasteiger partial charge in [-0.25, -0.2) is 5.43 Å². The van der Waals surface area contributed by atoms with Crippen molar-refractivity contribution in [2.24, 2.45) is 5.10 Å². The molecule has 0 aliphatic carbocycles. The number of benzene rings is 2. The van der Waals surface area contributed by atoms with Gasteiger partial charge in [0.2, 0.25) is 5.91 Å². The maximum absolute atomic E-state index is 11.8. The number of nitro groups is 1. The van der Waals surface area contributed by atoms with Crippen molar-refractivity contribution in [3.8, 4) is 0 Å².